The van der Waals surface area contributed by atoms with Crippen LogP contribution in [-0.4, -0.2) is 37.7 Å². The van der Waals surface area contributed by atoms with Crippen molar-refractivity contribution in [1.82, 2.24) is 0 Å². The van der Waals surface area contributed by atoms with Crippen molar-refractivity contribution in [2.24, 2.45) is 0 Å². The standard InChI is InChI=1S/C26H28O6/c1-29-22-12-10-20(17-7-9-19-16(15-17)8-11-21(19)27)23(24(22)30-2)32-26(13-14-26)25(28)31-18-5-3-4-6-18/h7,9-10,12,15,18H,3-6,8,11,13-14H2,1-2H3. The van der Waals surface area contributed by atoms with E-state index < -0.39 is 5.60 Å². The normalized spacial score (nSPS) is 18.9. The number of hydrogen-bond donors (Lipinski definition) is 0. The number of methoxy groups -OCH3 is 2. The maximum Gasteiger partial charge on any atom is 0.350 e. The molecule has 0 radical (unpaired) electrons. The van der Waals surface area contributed by atoms with Crippen LogP contribution in [0, 0.1) is 0 Å². The van der Waals surface area contributed by atoms with Gasteiger partial charge in [0.25, 0.3) is 0 Å². The highest BCUT2D eigenvalue weighted by Gasteiger charge is 2.56. The lowest BCUT2D eigenvalue weighted by atomic mass is 9.99. The fraction of sp³-hybridized carbons (Fsp3) is 0.462. The van der Waals surface area contributed by atoms with Crippen LogP contribution in [0.25, 0.3) is 11.1 Å². The third kappa shape index (κ3) is 3.61. The lowest BCUT2D eigenvalue weighted by Crippen LogP contribution is -2.34. The second kappa shape index (κ2) is 8.15. The van der Waals surface area contributed by atoms with Crippen LogP contribution in [0.4, 0.5) is 0 Å². The molecule has 6 heteroatoms. The van der Waals surface area contributed by atoms with Crippen molar-refractivity contribution >= 4 is 11.8 Å². The highest BCUT2D eigenvalue weighted by atomic mass is 16.6. The Balaban J connectivity index is 1.52. The Morgan fingerprint density at radius 1 is 0.938 bits per heavy atom. The summed E-state index contributed by atoms with van der Waals surface area (Å²) in [6.07, 6.45) is 6.53. The fourth-order valence-corrected chi connectivity index (χ4v) is 4.77. The molecule has 2 saturated carbocycles. The van der Waals surface area contributed by atoms with E-state index in [-0.39, 0.29) is 17.9 Å². The molecular formula is C26H28O6. The molecule has 0 aromatic heterocycles. The molecule has 2 aromatic carbocycles. The number of esters is 1. The van der Waals surface area contributed by atoms with Gasteiger partial charge in [0.2, 0.25) is 11.4 Å². The number of hydrogen-bond acceptors (Lipinski definition) is 6. The number of ether oxygens (including phenoxy) is 4. The first-order chi connectivity index (χ1) is 15.5. The Hall–Kier alpha value is -3.02. The molecular weight excluding hydrogens is 408 g/mol. The second-order valence-electron chi connectivity index (χ2n) is 8.88. The Morgan fingerprint density at radius 2 is 1.69 bits per heavy atom. The van der Waals surface area contributed by atoms with Crippen molar-refractivity contribution in [3.63, 3.8) is 0 Å². The molecule has 0 atom stereocenters. The van der Waals surface area contributed by atoms with Gasteiger partial charge in [0, 0.05) is 30.4 Å². The number of Topliss-reactive ketones (excluding diaryl/α,β-unsaturated/α-hetero) is 1. The number of carbonyl (C=O) groups excluding carboxylic acids is 2. The Morgan fingerprint density at radius 3 is 2.38 bits per heavy atom. The Kier molecular flexibility index (Phi) is 5.31. The first kappa shape index (κ1) is 20.9. The molecule has 168 valence electrons. The summed E-state index contributed by atoms with van der Waals surface area (Å²) < 4.78 is 23.4. The number of ketones is 1. The van der Waals surface area contributed by atoms with Crippen LogP contribution in [0.2, 0.25) is 0 Å². The summed E-state index contributed by atoms with van der Waals surface area (Å²) in [4.78, 5) is 25.1. The quantitative estimate of drug-likeness (QED) is 0.575. The first-order valence-corrected chi connectivity index (χ1v) is 11.4. The average Bonchev–Trinajstić information content (AvgIpc) is 3.23. The van der Waals surface area contributed by atoms with Gasteiger partial charge in [-0.05, 0) is 55.4 Å². The molecule has 6 nitrogen and oxygen atoms in total. The van der Waals surface area contributed by atoms with Gasteiger partial charge in [-0.3, -0.25) is 4.79 Å². The predicted octanol–water partition coefficient (Wildman–Crippen LogP) is 4.90. The predicted molar refractivity (Wildman–Crippen MR) is 119 cm³/mol. The van der Waals surface area contributed by atoms with Crippen LogP contribution >= 0.6 is 0 Å². The summed E-state index contributed by atoms with van der Waals surface area (Å²) in [7, 11) is 3.13. The molecule has 0 spiro atoms. The number of carbonyl (C=O) groups is 2. The Bertz CT molecular complexity index is 1060. The van der Waals surface area contributed by atoms with Crippen molar-refractivity contribution in [1.29, 1.82) is 0 Å². The van der Waals surface area contributed by atoms with Gasteiger partial charge >= 0.3 is 5.97 Å². The molecule has 0 amide bonds. The molecule has 3 aliphatic carbocycles. The molecule has 0 unspecified atom stereocenters. The van der Waals surface area contributed by atoms with Gasteiger partial charge in [0.1, 0.15) is 6.10 Å². The molecule has 0 aliphatic heterocycles. The van der Waals surface area contributed by atoms with Crippen molar-refractivity contribution in [2.45, 2.75) is 63.1 Å². The van der Waals surface area contributed by atoms with Gasteiger partial charge in [-0.2, -0.15) is 0 Å². The molecule has 0 heterocycles. The first-order valence-electron chi connectivity index (χ1n) is 11.4. The summed E-state index contributed by atoms with van der Waals surface area (Å²) in [5.41, 5.74) is 2.55. The highest BCUT2D eigenvalue weighted by Crippen LogP contribution is 2.51. The zero-order valence-electron chi connectivity index (χ0n) is 18.6. The minimum atomic E-state index is -0.982. The SMILES string of the molecule is COc1ccc(-c2ccc3c(c2)CCC3=O)c(OC2(C(=O)OC3CCCC3)CC2)c1OC. The smallest absolute Gasteiger partial charge is 0.350 e. The van der Waals surface area contributed by atoms with Crippen molar-refractivity contribution in [3.8, 4) is 28.4 Å². The third-order valence-corrected chi connectivity index (χ3v) is 6.79. The third-order valence-electron chi connectivity index (χ3n) is 6.79. The van der Waals surface area contributed by atoms with E-state index in [1.807, 2.05) is 30.3 Å². The summed E-state index contributed by atoms with van der Waals surface area (Å²) in [6, 6.07) is 9.57. The topological polar surface area (TPSA) is 71.1 Å². The van der Waals surface area contributed by atoms with Crippen molar-refractivity contribution < 1.29 is 28.5 Å². The summed E-state index contributed by atoms with van der Waals surface area (Å²) in [5, 5.41) is 0. The van der Waals surface area contributed by atoms with E-state index >= 15 is 0 Å². The molecule has 5 rings (SSSR count). The largest absolute Gasteiger partial charge is 0.493 e. The van der Waals surface area contributed by atoms with E-state index in [0.29, 0.717) is 36.5 Å². The van der Waals surface area contributed by atoms with Crippen molar-refractivity contribution in [2.75, 3.05) is 14.2 Å². The van der Waals surface area contributed by atoms with Crippen LogP contribution < -0.4 is 14.2 Å². The van der Waals surface area contributed by atoms with Crippen LogP contribution in [0.3, 0.4) is 0 Å². The zero-order valence-corrected chi connectivity index (χ0v) is 18.6. The van der Waals surface area contributed by atoms with E-state index in [9.17, 15) is 9.59 Å². The minimum absolute atomic E-state index is 0.00972. The lowest BCUT2D eigenvalue weighted by Gasteiger charge is -2.24. The monoisotopic (exact) mass is 436 g/mol. The molecule has 32 heavy (non-hydrogen) atoms. The molecule has 2 fully saturated rings. The summed E-state index contributed by atoms with van der Waals surface area (Å²) >= 11 is 0. The van der Waals surface area contributed by atoms with Gasteiger partial charge in [0.05, 0.1) is 14.2 Å². The summed E-state index contributed by atoms with van der Waals surface area (Å²) in [5.74, 6) is 1.34. The number of rotatable bonds is 7. The lowest BCUT2D eigenvalue weighted by molar-refractivity contribution is -0.159. The van der Waals surface area contributed by atoms with Crippen LogP contribution in [-0.2, 0) is 16.0 Å². The van der Waals surface area contributed by atoms with Crippen LogP contribution in [0.1, 0.15) is 60.9 Å². The van der Waals surface area contributed by atoms with Gasteiger partial charge < -0.3 is 18.9 Å². The summed E-state index contributed by atoms with van der Waals surface area (Å²) in [6.45, 7) is 0. The minimum Gasteiger partial charge on any atom is -0.493 e. The number of fused-ring (bicyclic) bond motifs is 1. The van der Waals surface area contributed by atoms with Gasteiger partial charge in [0.15, 0.2) is 17.3 Å². The van der Waals surface area contributed by atoms with E-state index in [1.54, 1.807) is 14.2 Å². The zero-order chi connectivity index (χ0) is 22.3. The molecule has 0 saturated heterocycles. The number of benzene rings is 2. The van der Waals surface area contributed by atoms with Crippen molar-refractivity contribution in [3.05, 3.63) is 41.5 Å². The maximum atomic E-state index is 13.0. The molecule has 0 bridgehead atoms. The Labute approximate surface area is 187 Å². The van der Waals surface area contributed by atoms with Gasteiger partial charge in [-0.1, -0.05) is 18.2 Å². The van der Waals surface area contributed by atoms with Gasteiger partial charge in [-0.15, -0.1) is 0 Å². The number of aryl methyl sites for hydroxylation is 1. The maximum absolute atomic E-state index is 13.0. The van der Waals surface area contributed by atoms with E-state index in [4.69, 9.17) is 18.9 Å². The van der Waals surface area contributed by atoms with Gasteiger partial charge in [-0.25, -0.2) is 4.79 Å². The second-order valence-corrected chi connectivity index (χ2v) is 8.88. The van der Waals surface area contributed by atoms with E-state index in [2.05, 4.69) is 0 Å². The highest BCUT2D eigenvalue weighted by molar-refractivity contribution is 6.01. The molecule has 0 N–H and O–H groups in total. The average molecular weight is 437 g/mol. The van der Waals surface area contributed by atoms with E-state index in [1.165, 1.54) is 0 Å². The fourth-order valence-electron chi connectivity index (χ4n) is 4.77. The molecule has 2 aromatic rings. The van der Waals surface area contributed by atoms with Crippen LogP contribution in [0.15, 0.2) is 30.3 Å². The van der Waals surface area contributed by atoms with Crippen LogP contribution in [0.5, 0.6) is 17.2 Å². The van der Waals surface area contributed by atoms with E-state index in [0.717, 1.165) is 54.4 Å². The molecule has 3 aliphatic rings.